The summed E-state index contributed by atoms with van der Waals surface area (Å²) in [6, 6.07) is 2.04. The monoisotopic (exact) mass is 307 g/mol. The molecule has 17 heavy (non-hydrogen) atoms. The normalized spacial score (nSPS) is 12.3. The van der Waals surface area contributed by atoms with Crippen LogP contribution in [0.15, 0.2) is 16.6 Å². The highest BCUT2D eigenvalue weighted by Gasteiger charge is 2.17. The third-order valence-corrected chi connectivity index (χ3v) is 2.54. The molecular formula is C11H12BrF2NO2. The van der Waals surface area contributed by atoms with Crippen molar-refractivity contribution in [1.29, 1.82) is 0 Å². The van der Waals surface area contributed by atoms with Gasteiger partial charge in [-0.25, -0.2) is 8.78 Å². The van der Waals surface area contributed by atoms with Crippen LogP contribution in [-0.2, 0) is 0 Å². The zero-order valence-electron chi connectivity index (χ0n) is 9.14. The molecule has 2 N–H and O–H groups in total. The van der Waals surface area contributed by atoms with Crippen molar-refractivity contribution in [1.82, 2.24) is 5.32 Å². The van der Waals surface area contributed by atoms with Crippen molar-refractivity contribution < 1.29 is 18.7 Å². The standard InChI is InChI=1S/C11H12BrF2NO2/c1-6(16)2-3-15-11(17)10-8(13)4-7(12)5-9(10)14/h4-6,16H,2-3H2,1H3,(H,15,17). The van der Waals surface area contributed by atoms with Crippen molar-refractivity contribution >= 4 is 21.8 Å². The van der Waals surface area contributed by atoms with Crippen molar-refractivity contribution in [3.63, 3.8) is 0 Å². The molecule has 94 valence electrons. The molecule has 0 heterocycles. The van der Waals surface area contributed by atoms with E-state index in [2.05, 4.69) is 21.2 Å². The highest BCUT2D eigenvalue weighted by Crippen LogP contribution is 2.19. The van der Waals surface area contributed by atoms with Gasteiger partial charge in [-0.15, -0.1) is 0 Å². The van der Waals surface area contributed by atoms with Crippen LogP contribution in [0, 0.1) is 11.6 Å². The lowest BCUT2D eigenvalue weighted by Crippen LogP contribution is -2.28. The number of amides is 1. The Labute approximate surface area is 106 Å². The average Bonchev–Trinajstić information content (AvgIpc) is 2.14. The van der Waals surface area contributed by atoms with Crippen LogP contribution in [0.5, 0.6) is 0 Å². The summed E-state index contributed by atoms with van der Waals surface area (Å²) in [6.45, 7) is 1.72. The van der Waals surface area contributed by atoms with Crippen LogP contribution in [0.1, 0.15) is 23.7 Å². The Kier molecular flexibility index (Phi) is 5.02. The van der Waals surface area contributed by atoms with Crippen molar-refractivity contribution in [3.8, 4) is 0 Å². The fourth-order valence-corrected chi connectivity index (χ4v) is 1.64. The molecule has 1 aromatic rings. The second-order valence-electron chi connectivity index (χ2n) is 3.64. The first-order valence-corrected chi connectivity index (χ1v) is 5.82. The van der Waals surface area contributed by atoms with E-state index in [1.807, 2.05) is 0 Å². The number of rotatable bonds is 4. The van der Waals surface area contributed by atoms with E-state index in [1.54, 1.807) is 6.92 Å². The minimum absolute atomic E-state index is 0.158. The molecule has 0 saturated carbocycles. The van der Waals surface area contributed by atoms with E-state index in [4.69, 9.17) is 5.11 Å². The SMILES string of the molecule is CC(O)CCNC(=O)c1c(F)cc(Br)cc1F. The molecule has 0 fully saturated rings. The number of aliphatic hydroxyl groups excluding tert-OH is 1. The second kappa shape index (κ2) is 6.07. The van der Waals surface area contributed by atoms with Crippen molar-refractivity contribution in [2.75, 3.05) is 6.54 Å². The van der Waals surface area contributed by atoms with Crippen LogP contribution < -0.4 is 5.32 Å². The van der Waals surface area contributed by atoms with Gasteiger partial charge >= 0.3 is 0 Å². The molecule has 0 aliphatic rings. The van der Waals surface area contributed by atoms with Crippen molar-refractivity contribution in [2.24, 2.45) is 0 Å². The van der Waals surface area contributed by atoms with Crippen molar-refractivity contribution in [3.05, 3.63) is 33.8 Å². The summed E-state index contributed by atoms with van der Waals surface area (Å²) < 4.78 is 27.0. The lowest BCUT2D eigenvalue weighted by molar-refractivity contribution is 0.0937. The summed E-state index contributed by atoms with van der Waals surface area (Å²) >= 11 is 2.92. The number of carbonyl (C=O) groups is 1. The summed E-state index contributed by atoms with van der Waals surface area (Å²) in [6.07, 6.45) is -0.249. The summed E-state index contributed by atoms with van der Waals surface area (Å²) in [5.74, 6) is -2.68. The average molecular weight is 308 g/mol. The summed E-state index contributed by atoms with van der Waals surface area (Å²) in [7, 11) is 0. The first-order chi connectivity index (χ1) is 7.91. The first-order valence-electron chi connectivity index (χ1n) is 5.02. The number of aliphatic hydroxyl groups is 1. The van der Waals surface area contributed by atoms with Crippen molar-refractivity contribution in [2.45, 2.75) is 19.4 Å². The maximum Gasteiger partial charge on any atom is 0.257 e. The minimum Gasteiger partial charge on any atom is -0.393 e. The number of hydrogen-bond acceptors (Lipinski definition) is 2. The van der Waals surface area contributed by atoms with Crippen LogP contribution in [0.25, 0.3) is 0 Å². The van der Waals surface area contributed by atoms with Crippen LogP contribution >= 0.6 is 15.9 Å². The van der Waals surface area contributed by atoms with E-state index >= 15 is 0 Å². The van der Waals surface area contributed by atoms with E-state index < -0.39 is 29.2 Å². The Morgan fingerprint density at radius 1 is 1.47 bits per heavy atom. The van der Waals surface area contributed by atoms with Gasteiger partial charge < -0.3 is 10.4 Å². The molecule has 0 bridgehead atoms. The lowest BCUT2D eigenvalue weighted by Gasteiger charge is -2.08. The molecule has 0 saturated heterocycles. The summed E-state index contributed by atoms with van der Waals surface area (Å²) in [5, 5.41) is 11.3. The number of nitrogens with one attached hydrogen (secondary N) is 1. The van der Waals surface area contributed by atoms with E-state index in [0.717, 1.165) is 12.1 Å². The van der Waals surface area contributed by atoms with Crippen LogP contribution in [0.3, 0.4) is 0 Å². The molecular weight excluding hydrogens is 296 g/mol. The highest BCUT2D eigenvalue weighted by atomic mass is 79.9. The molecule has 1 unspecified atom stereocenters. The Morgan fingerprint density at radius 3 is 2.47 bits per heavy atom. The first kappa shape index (κ1) is 14.1. The van der Waals surface area contributed by atoms with Gasteiger partial charge in [0.05, 0.1) is 6.10 Å². The van der Waals surface area contributed by atoms with Crippen LogP contribution in [0.2, 0.25) is 0 Å². The smallest absolute Gasteiger partial charge is 0.257 e. The maximum atomic E-state index is 13.4. The molecule has 0 aliphatic carbocycles. The highest BCUT2D eigenvalue weighted by molar-refractivity contribution is 9.10. The number of halogens is 3. The Bertz CT molecular complexity index is 401. The minimum atomic E-state index is -0.925. The zero-order valence-corrected chi connectivity index (χ0v) is 10.7. The maximum absolute atomic E-state index is 13.4. The van der Waals surface area contributed by atoms with Gasteiger partial charge in [0.2, 0.25) is 0 Å². The second-order valence-corrected chi connectivity index (χ2v) is 4.55. The molecule has 0 radical (unpaired) electrons. The van der Waals surface area contributed by atoms with Gasteiger partial charge in [0.1, 0.15) is 17.2 Å². The number of benzene rings is 1. The predicted molar refractivity (Wildman–Crippen MR) is 62.7 cm³/mol. The summed E-state index contributed by atoms with van der Waals surface area (Å²) in [4.78, 5) is 11.5. The molecule has 0 spiro atoms. The van der Waals surface area contributed by atoms with Gasteiger partial charge in [0, 0.05) is 11.0 Å². The van der Waals surface area contributed by atoms with E-state index in [9.17, 15) is 13.6 Å². The van der Waals surface area contributed by atoms with Gasteiger partial charge in [-0.05, 0) is 25.5 Å². The van der Waals surface area contributed by atoms with Gasteiger partial charge in [-0.2, -0.15) is 0 Å². The Hall–Kier alpha value is -1.01. The third-order valence-electron chi connectivity index (χ3n) is 2.08. The fourth-order valence-electron chi connectivity index (χ4n) is 1.24. The molecule has 1 atom stereocenters. The third kappa shape index (κ3) is 4.05. The Morgan fingerprint density at radius 2 is 2.00 bits per heavy atom. The molecule has 1 rings (SSSR count). The largest absolute Gasteiger partial charge is 0.393 e. The molecule has 6 heteroatoms. The molecule has 0 aliphatic heterocycles. The zero-order chi connectivity index (χ0) is 13.0. The molecule has 3 nitrogen and oxygen atoms in total. The molecule has 1 aromatic carbocycles. The number of hydrogen-bond donors (Lipinski definition) is 2. The van der Waals surface area contributed by atoms with Gasteiger partial charge in [0.25, 0.3) is 5.91 Å². The lowest BCUT2D eigenvalue weighted by atomic mass is 10.2. The van der Waals surface area contributed by atoms with Gasteiger partial charge in [-0.3, -0.25) is 4.79 Å². The predicted octanol–water partition coefficient (Wildman–Crippen LogP) is 2.23. The van der Waals surface area contributed by atoms with Gasteiger partial charge in [0.15, 0.2) is 0 Å². The fraction of sp³-hybridized carbons (Fsp3) is 0.364. The molecule has 0 aromatic heterocycles. The van der Waals surface area contributed by atoms with E-state index in [0.29, 0.717) is 6.42 Å². The van der Waals surface area contributed by atoms with Gasteiger partial charge in [-0.1, -0.05) is 15.9 Å². The topological polar surface area (TPSA) is 49.3 Å². The van der Waals surface area contributed by atoms with Crippen LogP contribution in [-0.4, -0.2) is 23.7 Å². The van der Waals surface area contributed by atoms with Crippen LogP contribution in [0.4, 0.5) is 8.78 Å². The number of carbonyl (C=O) groups excluding carboxylic acids is 1. The summed E-state index contributed by atoms with van der Waals surface area (Å²) in [5.41, 5.74) is -0.612. The Balaban J connectivity index is 2.76. The quantitative estimate of drug-likeness (QED) is 0.896. The van der Waals surface area contributed by atoms with E-state index in [1.165, 1.54) is 0 Å². The molecule has 1 amide bonds. The van der Waals surface area contributed by atoms with E-state index in [-0.39, 0.29) is 11.0 Å².